The molecule has 0 spiro atoms. The highest BCUT2D eigenvalue weighted by molar-refractivity contribution is 5.96. The molecular formula is C21H22N2O6. The monoisotopic (exact) mass is 398 g/mol. The molecular weight excluding hydrogens is 376 g/mol. The number of phenolic OH excluding ortho intramolecular Hbond substituents is 2. The Morgan fingerprint density at radius 1 is 0.828 bits per heavy atom. The summed E-state index contributed by atoms with van der Waals surface area (Å²) in [5.74, 6) is -1.05. The molecule has 152 valence electrons. The molecule has 0 atom stereocenters. The van der Waals surface area contributed by atoms with Gasteiger partial charge in [-0.15, -0.1) is 0 Å². The number of benzene rings is 2. The first-order chi connectivity index (χ1) is 13.8. The van der Waals surface area contributed by atoms with Crippen LogP contribution in [0, 0.1) is 0 Å². The lowest BCUT2D eigenvalue weighted by Crippen LogP contribution is -2.37. The van der Waals surface area contributed by atoms with E-state index >= 15 is 0 Å². The van der Waals surface area contributed by atoms with E-state index in [1.54, 1.807) is 28.0 Å². The number of phenols is 2. The summed E-state index contributed by atoms with van der Waals surface area (Å²) in [7, 11) is 0. The first-order valence-electron chi connectivity index (χ1n) is 9.23. The van der Waals surface area contributed by atoms with Crippen LogP contribution in [0.25, 0.3) is 0 Å². The summed E-state index contributed by atoms with van der Waals surface area (Å²) in [4.78, 5) is 39.9. The maximum Gasteiger partial charge on any atom is 0.308 e. The van der Waals surface area contributed by atoms with E-state index in [2.05, 4.69) is 0 Å². The number of rotatable bonds is 3. The average Bonchev–Trinajstić information content (AvgIpc) is 2.92. The molecule has 2 N–H and O–H groups in total. The number of nitrogens with zero attached hydrogens (tertiary/aromatic N) is 2. The number of esters is 1. The molecule has 0 radical (unpaired) electrons. The molecule has 8 heteroatoms. The quantitative estimate of drug-likeness (QED) is 0.605. The number of carbonyl (C=O) groups is 3. The van der Waals surface area contributed by atoms with E-state index in [1.807, 2.05) is 0 Å². The highest BCUT2D eigenvalue weighted by Crippen LogP contribution is 2.22. The molecule has 2 amide bonds. The molecule has 2 aromatic rings. The number of amides is 2. The minimum Gasteiger partial charge on any atom is -0.508 e. The lowest BCUT2D eigenvalue weighted by molar-refractivity contribution is -0.131. The van der Waals surface area contributed by atoms with Crippen LogP contribution in [0.5, 0.6) is 17.2 Å². The summed E-state index contributed by atoms with van der Waals surface area (Å²) in [6.45, 7) is 2.89. The fraction of sp³-hybridized carbons (Fsp3) is 0.286. The van der Waals surface area contributed by atoms with E-state index in [1.165, 1.54) is 25.1 Å². The predicted molar refractivity (Wildman–Crippen MR) is 104 cm³/mol. The zero-order valence-corrected chi connectivity index (χ0v) is 16.0. The molecule has 3 rings (SSSR count). The van der Waals surface area contributed by atoms with E-state index < -0.39 is 5.97 Å². The SMILES string of the molecule is CC(=O)Oc1cccc(C(=O)N2CCCN(C(=O)c3cc(O)cc(O)c3)CC2)c1. The number of carbonyl (C=O) groups excluding carboxylic acids is 3. The zero-order chi connectivity index (χ0) is 21.0. The Hall–Kier alpha value is -3.55. The molecule has 0 unspecified atom stereocenters. The van der Waals surface area contributed by atoms with Crippen molar-refractivity contribution >= 4 is 17.8 Å². The van der Waals surface area contributed by atoms with Gasteiger partial charge in [0.2, 0.25) is 0 Å². The predicted octanol–water partition coefficient (Wildman–Crippen LogP) is 2.01. The Balaban J connectivity index is 1.68. The second-order valence-corrected chi connectivity index (χ2v) is 6.80. The fourth-order valence-corrected chi connectivity index (χ4v) is 3.27. The normalized spacial score (nSPS) is 14.2. The van der Waals surface area contributed by atoms with Crippen LogP contribution < -0.4 is 4.74 Å². The van der Waals surface area contributed by atoms with Crippen molar-refractivity contribution in [3.8, 4) is 17.2 Å². The second kappa shape index (κ2) is 8.64. The molecule has 1 aliphatic rings. The third-order valence-electron chi connectivity index (χ3n) is 4.56. The Morgan fingerprint density at radius 2 is 1.41 bits per heavy atom. The molecule has 29 heavy (non-hydrogen) atoms. The Morgan fingerprint density at radius 3 is 2.00 bits per heavy atom. The molecule has 0 saturated carbocycles. The lowest BCUT2D eigenvalue weighted by Gasteiger charge is -2.22. The maximum atomic E-state index is 12.8. The number of aromatic hydroxyl groups is 2. The summed E-state index contributed by atoms with van der Waals surface area (Å²) < 4.78 is 5.03. The van der Waals surface area contributed by atoms with Crippen LogP contribution in [0.4, 0.5) is 0 Å². The van der Waals surface area contributed by atoms with Crippen molar-refractivity contribution in [2.75, 3.05) is 26.2 Å². The van der Waals surface area contributed by atoms with E-state index in [0.29, 0.717) is 43.9 Å². The van der Waals surface area contributed by atoms with Gasteiger partial charge in [-0.1, -0.05) is 6.07 Å². The average molecular weight is 398 g/mol. The van der Waals surface area contributed by atoms with Gasteiger partial charge in [0.1, 0.15) is 17.2 Å². The topological polar surface area (TPSA) is 107 Å². The summed E-state index contributed by atoms with van der Waals surface area (Å²) in [6.07, 6.45) is 0.589. The van der Waals surface area contributed by atoms with Gasteiger partial charge in [0, 0.05) is 50.3 Å². The number of hydrogen-bond acceptors (Lipinski definition) is 6. The standard InChI is InChI=1S/C21H22N2O6/c1-14(24)29-19-5-2-4-15(12-19)20(27)22-6-3-7-23(9-8-22)21(28)16-10-17(25)13-18(26)11-16/h2,4-5,10-13,25-26H,3,6-9H2,1H3. The van der Waals surface area contributed by atoms with Crippen molar-refractivity contribution in [1.82, 2.24) is 9.80 Å². The van der Waals surface area contributed by atoms with Gasteiger partial charge in [0.05, 0.1) is 0 Å². The Kier molecular flexibility index (Phi) is 6.01. The molecule has 0 aliphatic carbocycles. The molecule has 1 saturated heterocycles. The largest absolute Gasteiger partial charge is 0.508 e. The van der Waals surface area contributed by atoms with Gasteiger partial charge in [-0.25, -0.2) is 0 Å². The zero-order valence-electron chi connectivity index (χ0n) is 16.0. The molecule has 0 aromatic heterocycles. The third kappa shape index (κ3) is 5.04. The lowest BCUT2D eigenvalue weighted by atomic mass is 10.1. The Bertz CT molecular complexity index is 922. The Labute approximate surface area is 167 Å². The van der Waals surface area contributed by atoms with Crippen LogP contribution in [0.15, 0.2) is 42.5 Å². The molecule has 1 aliphatic heterocycles. The second-order valence-electron chi connectivity index (χ2n) is 6.80. The summed E-state index contributed by atoms with van der Waals surface area (Å²) in [5.41, 5.74) is 0.595. The number of ether oxygens (including phenoxy) is 1. The van der Waals surface area contributed by atoms with Crippen molar-refractivity contribution in [3.05, 3.63) is 53.6 Å². The van der Waals surface area contributed by atoms with Crippen molar-refractivity contribution in [1.29, 1.82) is 0 Å². The van der Waals surface area contributed by atoms with E-state index in [4.69, 9.17) is 4.74 Å². The maximum absolute atomic E-state index is 12.8. The van der Waals surface area contributed by atoms with Crippen molar-refractivity contribution in [3.63, 3.8) is 0 Å². The molecule has 1 heterocycles. The molecule has 2 aromatic carbocycles. The molecule has 8 nitrogen and oxygen atoms in total. The molecule has 1 fully saturated rings. The van der Waals surface area contributed by atoms with E-state index in [-0.39, 0.29) is 28.9 Å². The minimum absolute atomic E-state index is 0.187. The van der Waals surface area contributed by atoms with Gasteiger partial charge < -0.3 is 24.7 Å². The van der Waals surface area contributed by atoms with Crippen LogP contribution in [0.1, 0.15) is 34.1 Å². The van der Waals surface area contributed by atoms with Gasteiger partial charge in [-0.05, 0) is 36.8 Å². The summed E-state index contributed by atoms with van der Waals surface area (Å²) in [6, 6.07) is 10.2. The highest BCUT2D eigenvalue weighted by atomic mass is 16.5. The van der Waals surface area contributed by atoms with Gasteiger partial charge in [0.25, 0.3) is 11.8 Å². The van der Waals surface area contributed by atoms with Crippen molar-refractivity contribution in [2.45, 2.75) is 13.3 Å². The van der Waals surface area contributed by atoms with Crippen LogP contribution >= 0.6 is 0 Å². The van der Waals surface area contributed by atoms with Crippen molar-refractivity contribution < 1.29 is 29.3 Å². The van der Waals surface area contributed by atoms with Gasteiger partial charge in [0.15, 0.2) is 0 Å². The van der Waals surface area contributed by atoms with Gasteiger partial charge in [-0.2, -0.15) is 0 Å². The van der Waals surface area contributed by atoms with Crippen LogP contribution in [0.3, 0.4) is 0 Å². The van der Waals surface area contributed by atoms with Crippen LogP contribution in [0.2, 0.25) is 0 Å². The minimum atomic E-state index is -0.462. The summed E-state index contributed by atoms with van der Waals surface area (Å²) >= 11 is 0. The smallest absolute Gasteiger partial charge is 0.308 e. The van der Waals surface area contributed by atoms with Crippen LogP contribution in [-0.2, 0) is 4.79 Å². The first kappa shape index (κ1) is 20.2. The van der Waals surface area contributed by atoms with E-state index in [0.717, 1.165) is 6.07 Å². The van der Waals surface area contributed by atoms with Crippen LogP contribution in [-0.4, -0.2) is 64.0 Å². The van der Waals surface area contributed by atoms with E-state index in [9.17, 15) is 24.6 Å². The summed E-state index contributed by atoms with van der Waals surface area (Å²) in [5, 5.41) is 19.2. The fourth-order valence-electron chi connectivity index (χ4n) is 3.27. The molecule has 0 bridgehead atoms. The van der Waals surface area contributed by atoms with Gasteiger partial charge >= 0.3 is 5.97 Å². The van der Waals surface area contributed by atoms with Crippen molar-refractivity contribution in [2.24, 2.45) is 0 Å². The first-order valence-corrected chi connectivity index (χ1v) is 9.23. The third-order valence-corrected chi connectivity index (χ3v) is 4.56. The number of hydrogen-bond donors (Lipinski definition) is 2. The van der Waals surface area contributed by atoms with Gasteiger partial charge in [-0.3, -0.25) is 14.4 Å². The highest BCUT2D eigenvalue weighted by Gasteiger charge is 2.24.